The van der Waals surface area contributed by atoms with Crippen LogP contribution in [0.1, 0.15) is 19.4 Å². The second-order valence-corrected chi connectivity index (χ2v) is 6.35. The number of epoxide rings is 1. The molecule has 0 N–H and O–H groups in total. The summed E-state index contributed by atoms with van der Waals surface area (Å²) in [4.78, 5) is -0.969. The highest BCUT2D eigenvalue weighted by Crippen LogP contribution is 2.42. The van der Waals surface area contributed by atoms with Crippen LogP contribution in [0.4, 0.5) is 0 Å². The fourth-order valence-electron chi connectivity index (χ4n) is 1.58. The Morgan fingerprint density at radius 1 is 1.33 bits per heavy atom. The van der Waals surface area contributed by atoms with Gasteiger partial charge in [0.15, 0.2) is 14.8 Å². The Balaban J connectivity index is 2.20. The lowest BCUT2D eigenvalue weighted by molar-refractivity contribution is 0.361. The topological polar surface area (TPSA) is 46.7 Å². The van der Waals surface area contributed by atoms with E-state index in [0.717, 1.165) is 5.56 Å². The molecular weight excluding hydrogens is 212 g/mol. The molecule has 0 radical (unpaired) electrons. The fraction of sp³-hybridized carbons (Fsp3) is 0.455. The van der Waals surface area contributed by atoms with Gasteiger partial charge in [-0.25, -0.2) is 8.42 Å². The molecule has 1 aromatic carbocycles. The zero-order chi connectivity index (χ0) is 11.1. The number of benzene rings is 1. The van der Waals surface area contributed by atoms with E-state index in [1.807, 2.05) is 30.3 Å². The molecule has 1 saturated heterocycles. The second-order valence-electron chi connectivity index (χ2n) is 4.02. The van der Waals surface area contributed by atoms with E-state index in [1.165, 1.54) is 0 Å². The number of sulfone groups is 1. The van der Waals surface area contributed by atoms with Crippen molar-refractivity contribution < 1.29 is 13.2 Å². The van der Waals surface area contributed by atoms with Crippen molar-refractivity contribution in [2.24, 2.45) is 0 Å². The van der Waals surface area contributed by atoms with E-state index in [-0.39, 0.29) is 11.9 Å². The van der Waals surface area contributed by atoms with Gasteiger partial charge >= 0.3 is 0 Å². The summed E-state index contributed by atoms with van der Waals surface area (Å²) in [6.07, 6.45) is -0.189. The smallest absolute Gasteiger partial charge is 0.192 e. The monoisotopic (exact) mass is 226 g/mol. The lowest BCUT2D eigenvalue weighted by atomic mass is 10.2. The molecule has 2 rings (SSSR count). The van der Waals surface area contributed by atoms with E-state index in [2.05, 4.69) is 0 Å². The van der Waals surface area contributed by atoms with Gasteiger partial charge in [0, 0.05) is 0 Å². The number of hydrogen-bond acceptors (Lipinski definition) is 3. The van der Waals surface area contributed by atoms with Gasteiger partial charge in [0.1, 0.15) is 6.10 Å². The van der Waals surface area contributed by atoms with Gasteiger partial charge in [-0.05, 0) is 19.4 Å². The Bertz CT molecular complexity index is 452. The second kappa shape index (κ2) is 3.32. The summed E-state index contributed by atoms with van der Waals surface area (Å²) in [5, 5.41) is 0. The Labute approximate surface area is 90.0 Å². The van der Waals surface area contributed by atoms with Gasteiger partial charge in [-0.15, -0.1) is 0 Å². The molecule has 0 aromatic heterocycles. The predicted octanol–water partition coefficient (Wildman–Crippen LogP) is 1.74. The van der Waals surface area contributed by atoms with Crippen LogP contribution < -0.4 is 0 Å². The Kier molecular flexibility index (Phi) is 2.35. The summed E-state index contributed by atoms with van der Waals surface area (Å²) in [6, 6.07) is 9.17. The maximum absolute atomic E-state index is 12.0. The van der Waals surface area contributed by atoms with Crippen molar-refractivity contribution in [3.05, 3.63) is 35.9 Å². The normalized spacial score (nSPS) is 30.1. The van der Waals surface area contributed by atoms with E-state index in [0.29, 0.717) is 0 Å². The van der Waals surface area contributed by atoms with Gasteiger partial charge in [-0.1, -0.05) is 30.3 Å². The van der Waals surface area contributed by atoms with Crippen LogP contribution in [0.25, 0.3) is 0 Å². The molecule has 1 aromatic rings. The average molecular weight is 226 g/mol. The summed E-state index contributed by atoms with van der Waals surface area (Å²) >= 11 is 0. The van der Waals surface area contributed by atoms with Crippen molar-refractivity contribution in [2.45, 2.75) is 30.6 Å². The molecule has 0 aliphatic carbocycles. The van der Waals surface area contributed by atoms with Crippen LogP contribution >= 0.6 is 0 Å². The minimum Gasteiger partial charge on any atom is -0.350 e. The van der Waals surface area contributed by atoms with Crippen LogP contribution in [0, 0.1) is 0 Å². The molecule has 1 heterocycles. The summed E-state index contributed by atoms with van der Waals surface area (Å²) in [5.41, 5.74) is 0.807. The zero-order valence-corrected chi connectivity index (χ0v) is 9.62. The first-order valence-corrected chi connectivity index (χ1v) is 6.55. The van der Waals surface area contributed by atoms with E-state index in [1.54, 1.807) is 13.8 Å². The van der Waals surface area contributed by atoms with Crippen LogP contribution in [0.15, 0.2) is 30.3 Å². The summed E-state index contributed by atoms with van der Waals surface area (Å²) in [6.45, 7) is 3.42. The molecule has 0 spiro atoms. The van der Waals surface area contributed by atoms with E-state index < -0.39 is 14.8 Å². The van der Waals surface area contributed by atoms with E-state index in [4.69, 9.17) is 4.74 Å². The quantitative estimate of drug-likeness (QED) is 0.737. The minimum atomic E-state index is -3.21. The lowest BCUT2D eigenvalue weighted by Gasteiger charge is -2.08. The number of rotatable bonds is 3. The number of ether oxygens (including phenoxy) is 1. The first kappa shape index (κ1) is 10.6. The zero-order valence-electron chi connectivity index (χ0n) is 8.80. The molecule has 1 aliphatic rings. The molecule has 2 atom stereocenters. The van der Waals surface area contributed by atoms with Crippen molar-refractivity contribution in [3.63, 3.8) is 0 Å². The highest BCUT2D eigenvalue weighted by Gasteiger charge is 2.59. The van der Waals surface area contributed by atoms with Gasteiger partial charge < -0.3 is 4.74 Å². The van der Waals surface area contributed by atoms with E-state index in [9.17, 15) is 8.42 Å². The first-order chi connectivity index (χ1) is 6.96. The molecule has 1 fully saturated rings. The number of hydrogen-bond donors (Lipinski definition) is 0. The third-order valence-electron chi connectivity index (χ3n) is 2.91. The van der Waals surface area contributed by atoms with Crippen molar-refractivity contribution >= 4 is 9.84 Å². The molecule has 2 unspecified atom stereocenters. The largest absolute Gasteiger partial charge is 0.350 e. The van der Waals surface area contributed by atoms with Crippen LogP contribution in [-0.2, 0) is 20.3 Å². The van der Waals surface area contributed by atoms with Crippen molar-refractivity contribution in [2.75, 3.05) is 0 Å². The van der Waals surface area contributed by atoms with Gasteiger partial charge in [0.2, 0.25) is 0 Å². The molecule has 0 saturated carbocycles. The average Bonchev–Trinajstić information content (AvgIpc) is 2.77. The molecule has 4 heteroatoms. The standard InChI is InChI=1S/C11H14O3S/c1-9-11(2,14-9)15(12,13)8-10-6-4-3-5-7-10/h3-7,9H,8H2,1-2H3. The molecule has 15 heavy (non-hydrogen) atoms. The maximum atomic E-state index is 12.0. The van der Waals surface area contributed by atoms with Crippen LogP contribution in [0.2, 0.25) is 0 Å². The molecule has 82 valence electrons. The van der Waals surface area contributed by atoms with E-state index >= 15 is 0 Å². The lowest BCUT2D eigenvalue weighted by Crippen LogP contribution is -2.24. The third-order valence-corrected chi connectivity index (χ3v) is 5.29. The van der Waals surface area contributed by atoms with Crippen molar-refractivity contribution in [1.82, 2.24) is 0 Å². The van der Waals surface area contributed by atoms with Crippen LogP contribution in [0.5, 0.6) is 0 Å². The fourth-order valence-corrected chi connectivity index (χ4v) is 3.29. The van der Waals surface area contributed by atoms with Crippen molar-refractivity contribution in [1.29, 1.82) is 0 Å². The SMILES string of the molecule is CC1OC1(C)S(=O)(=O)Cc1ccccc1. The first-order valence-electron chi connectivity index (χ1n) is 4.90. The van der Waals surface area contributed by atoms with Crippen molar-refractivity contribution in [3.8, 4) is 0 Å². The van der Waals surface area contributed by atoms with Crippen LogP contribution in [-0.4, -0.2) is 19.5 Å². The Morgan fingerprint density at radius 2 is 1.87 bits per heavy atom. The molecular formula is C11H14O3S. The predicted molar refractivity (Wildman–Crippen MR) is 58.0 cm³/mol. The minimum absolute atomic E-state index is 0.0503. The highest BCUT2D eigenvalue weighted by molar-refractivity contribution is 7.92. The van der Waals surface area contributed by atoms with Crippen LogP contribution in [0.3, 0.4) is 0 Å². The molecule has 0 bridgehead atoms. The molecule has 0 amide bonds. The Hall–Kier alpha value is -0.870. The molecule has 3 nitrogen and oxygen atoms in total. The maximum Gasteiger partial charge on any atom is 0.192 e. The summed E-state index contributed by atoms with van der Waals surface area (Å²) < 4.78 is 29.1. The third kappa shape index (κ3) is 1.79. The highest BCUT2D eigenvalue weighted by atomic mass is 32.2. The van der Waals surface area contributed by atoms with Gasteiger partial charge in [0.05, 0.1) is 5.75 Å². The van der Waals surface area contributed by atoms with Gasteiger partial charge in [-0.3, -0.25) is 0 Å². The Morgan fingerprint density at radius 3 is 2.33 bits per heavy atom. The molecule has 1 aliphatic heterocycles. The van der Waals surface area contributed by atoms with Gasteiger partial charge in [0.25, 0.3) is 0 Å². The summed E-state index contributed by atoms with van der Waals surface area (Å²) in [5.74, 6) is 0.0503. The van der Waals surface area contributed by atoms with Gasteiger partial charge in [-0.2, -0.15) is 0 Å². The summed E-state index contributed by atoms with van der Waals surface area (Å²) in [7, 11) is -3.21.